The third kappa shape index (κ3) is 3.79. The van der Waals surface area contributed by atoms with E-state index >= 15 is 0 Å². The lowest BCUT2D eigenvalue weighted by Gasteiger charge is -2.45. The van der Waals surface area contributed by atoms with Gasteiger partial charge < -0.3 is 9.16 Å². The molecule has 0 N–H and O–H groups in total. The van der Waals surface area contributed by atoms with Gasteiger partial charge in [0.1, 0.15) is 5.60 Å². The number of carbonyl (C=O) groups is 1. The smallest absolute Gasteiger partial charge is 0.338 e. The topological polar surface area (TPSA) is 35.5 Å². The maximum absolute atomic E-state index is 12.3. The SMILES string of the molecule is CC(C)(C)[Si](C)(C)OCC1(OC(=O)c2ccccc2)CCC1. The summed E-state index contributed by atoms with van der Waals surface area (Å²) < 4.78 is 12.1. The van der Waals surface area contributed by atoms with Crippen LogP contribution in [0.3, 0.4) is 0 Å². The first kappa shape index (κ1) is 17.2. The minimum atomic E-state index is -1.82. The van der Waals surface area contributed by atoms with Crippen molar-refractivity contribution in [3.05, 3.63) is 35.9 Å². The fourth-order valence-corrected chi connectivity index (χ4v) is 3.26. The zero-order valence-electron chi connectivity index (χ0n) is 14.4. The average Bonchev–Trinajstić information content (AvgIpc) is 2.41. The second-order valence-electron chi connectivity index (χ2n) is 7.84. The van der Waals surface area contributed by atoms with E-state index in [1.807, 2.05) is 18.2 Å². The number of benzene rings is 1. The fourth-order valence-electron chi connectivity index (χ4n) is 2.21. The highest BCUT2D eigenvalue weighted by atomic mass is 28.4. The lowest BCUT2D eigenvalue weighted by molar-refractivity contribution is -0.0879. The lowest BCUT2D eigenvalue weighted by Crippen LogP contribution is -2.51. The van der Waals surface area contributed by atoms with E-state index in [1.165, 1.54) is 0 Å². The Hall–Kier alpha value is -1.13. The van der Waals surface area contributed by atoms with Gasteiger partial charge in [-0.25, -0.2) is 4.79 Å². The molecule has 0 spiro atoms. The van der Waals surface area contributed by atoms with Crippen LogP contribution < -0.4 is 0 Å². The molecular formula is C18H28O3Si. The first-order valence-corrected chi connectivity index (χ1v) is 11.0. The number of ether oxygens (including phenoxy) is 1. The zero-order chi connectivity index (χ0) is 16.4. The van der Waals surface area contributed by atoms with Gasteiger partial charge in [-0.1, -0.05) is 39.0 Å². The summed E-state index contributed by atoms with van der Waals surface area (Å²) in [4.78, 5) is 12.3. The van der Waals surface area contributed by atoms with Crippen LogP contribution in [-0.4, -0.2) is 26.5 Å². The quantitative estimate of drug-likeness (QED) is 0.578. The van der Waals surface area contributed by atoms with Crippen LogP contribution in [0.5, 0.6) is 0 Å². The summed E-state index contributed by atoms with van der Waals surface area (Å²) in [5.41, 5.74) is 0.198. The molecule has 1 aliphatic carbocycles. The minimum absolute atomic E-state index is 0.168. The van der Waals surface area contributed by atoms with Crippen molar-refractivity contribution in [3.63, 3.8) is 0 Å². The Morgan fingerprint density at radius 2 is 1.77 bits per heavy atom. The molecule has 1 saturated carbocycles. The molecule has 4 heteroatoms. The number of rotatable bonds is 5. The molecule has 1 aromatic carbocycles. The zero-order valence-corrected chi connectivity index (χ0v) is 15.4. The van der Waals surface area contributed by atoms with Crippen molar-refractivity contribution in [3.8, 4) is 0 Å². The minimum Gasteiger partial charge on any atom is -0.453 e. The molecule has 0 unspecified atom stereocenters. The normalized spacial score (nSPS) is 17.7. The standard InChI is InChI=1S/C18H28O3Si/c1-17(2,3)22(4,5)20-14-18(12-9-13-18)21-16(19)15-10-7-6-8-11-15/h6-8,10-11H,9,12-14H2,1-5H3. The van der Waals surface area contributed by atoms with Crippen LogP contribution in [0.2, 0.25) is 18.1 Å². The monoisotopic (exact) mass is 320 g/mol. The van der Waals surface area contributed by atoms with Crippen molar-refractivity contribution in [1.82, 2.24) is 0 Å². The summed E-state index contributed by atoms with van der Waals surface area (Å²) >= 11 is 0. The molecule has 1 fully saturated rings. The van der Waals surface area contributed by atoms with Crippen molar-refractivity contribution >= 4 is 14.3 Å². The van der Waals surface area contributed by atoms with E-state index in [2.05, 4.69) is 33.9 Å². The van der Waals surface area contributed by atoms with E-state index in [1.54, 1.807) is 12.1 Å². The highest BCUT2D eigenvalue weighted by Gasteiger charge is 2.45. The first-order chi connectivity index (χ1) is 10.2. The average molecular weight is 321 g/mol. The third-order valence-corrected chi connectivity index (χ3v) is 9.56. The van der Waals surface area contributed by atoms with Gasteiger partial charge in [0.25, 0.3) is 0 Å². The van der Waals surface area contributed by atoms with Gasteiger partial charge in [-0.3, -0.25) is 0 Å². The summed E-state index contributed by atoms with van der Waals surface area (Å²) in [6, 6.07) is 9.20. The molecule has 0 atom stereocenters. The van der Waals surface area contributed by atoms with Crippen LogP contribution in [0.25, 0.3) is 0 Å². The van der Waals surface area contributed by atoms with Crippen LogP contribution in [0.15, 0.2) is 30.3 Å². The maximum atomic E-state index is 12.3. The van der Waals surface area contributed by atoms with Gasteiger partial charge in [0, 0.05) is 0 Å². The van der Waals surface area contributed by atoms with Crippen molar-refractivity contribution in [2.45, 2.75) is 63.8 Å². The van der Waals surface area contributed by atoms with E-state index in [-0.39, 0.29) is 11.0 Å². The number of hydrogen-bond acceptors (Lipinski definition) is 3. The van der Waals surface area contributed by atoms with Gasteiger partial charge in [-0.15, -0.1) is 0 Å². The van der Waals surface area contributed by atoms with Gasteiger partial charge in [-0.2, -0.15) is 0 Å². The molecule has 0 aromatic heterocycles. The Morgan fingerprint density at radius 3 is 2.23 bits per heavy atom. The molecule has 0 amide bonds. The van der Waals surface area contributed by atoms with Crippen LogP contribution in [-0.2, 0) is 9.16 Å². The van der Waals surface area contributed by atoms with E-state index in [0.717, 1.165) is 19.3 Å². The highest BCUT2D eigenvalue weighted by Crippen LogP contribution is 2.41. The molecule has 22 heavy (non-hydrogen) atoms. The van der Waals surface area contributed by atoms with E-state index in [4.69, 9.17) is 9.16 Å². The lowest BCUT2D eigenvalue weighted by atomic mass is 9.80. The molecule has 1 aliphatic rings. The van der Waals surface area contributed by atoms with Crippen LogP contribution in [0.1, 0.15) is 50.4 Å². The van der Waals surface area contributed by atoms with Crippen molar-refractivity contribution in [2.75, 3.05) is 6.61 Å². The van der Waals surface area contributed by atoms with Crippen LogP contribution in [0.4, 0.5) is 0 Å². The molecule has 0 bridgehead atoms. The highest BCUT2D eigenvalue weighted by molar-refractivity contribution is 6.74. The fraction of sp³-hybridized carbons (Fsp3) is 0.611. The van der Waals surface area contributed by atoms with Gasteiger partial charge >= 0.3 is 5.97 Å². The van der Waals surface area contributed by atoms with Crippen molar-refractivity contribution in [2.24, 2.45) is 0 Å². The predicted octanol–water partition coefficient (Wildman–Crippen LogP) is 4.79. The third-order valence-electron chi connectivity index (χ3n) is 5.09. The molecule has 1 aromatic rings. The van der Waals surface area contributed by atoms with Gasteiger partial charge in [-0.05, 0) is 49.5 Å². The maximum Gasteiger partial charge on any atom is 0.338 e. The number of carbonyl (C=O) groups excluding carboxylic acids is 1. The summed E-state index contributed by atoms with van der Waals surface area (Å²) in [6.45, 7) is 11.7. The molecule has 122 valence electrons. The summed E-state index contributed by atoms with van der Waals surface area (Å²) in [5, 5.41) is 0.168. The second-order valence-corrected chi connectivity index (χ2v) is 12.7. The number of esters is 1. The summed E-state index contributed by atoms with van der Waals surface area (Å²) in [5.74, 6) is -0.237. The molecule has 3 nitrogen and oxygen atoms in total. The second kappa shape index (κ2) is 6.17. The Kier molecular flexibility index (Phi) is 4.83. The van der Waals surface area contributed by atoms with Gasteiger partial charge in [0.15, 0.2) is 8.32 Å². The number of hydrogen-bond donors (Lipinski definition) is 0. The molecule has 0 heterocycles. The predicted molar refractivity (Wildman–Crippen MR) is 91.6 cm³/mol. The molecule has 2 rings (SSSR count). The Bertz CT molecular complexity index is 513. The summed E-state index contributed by atoms with van der Waals surface area (Å²) in [7, 11) is -1.82. The molecule has 0 saturated heterocycles. The Labute approximate surface area is 135 Å². The first-order valence-electron chi connectivity index (χ1n) is 8.08. The molecular weight excluding hydrogens is 292 g/mol. The Morgan fingerprint density at radius 1 is 1.18 bits per heavy atom. The van der Waals surface area contributed by atoms with Gasteiger partial charge in [0.05, 0.1) is 12.2 Å². The Balaban J connectivity index is 2.00. The van der Waals surface area contributed by atoms with E-state index in [9.17, 15) is 4.79 Å². The largest absolute Gasteiger partial charge is 0.453 e. The van der Waals surface area contributed by atoms with Crippen molar-refractivity contribution < 1.29 is 14.0 Å². The van der Waals surface area contributed by atoms with Crippen LogP contribution in [0, 0.1) is 0 Å². The van der Waals surface area contributed by atoms with E-state index < -0.39 is 13.9 Å². The van der Waals surface area contributed by atoms with Crippen LogP contribution >= 0.6 is 0 Å². The van der Waals surface area contributed by atoms with E-state index in [0.29, 0.717) is 12.2 Å². The van der Waals surface area contributed by atoms with Crippen molar-refractivity contribution in [1.29, 1.82) is 0 Å². The molecule has 0 aliphatic heterocycles. The van der Waals surface area contributed by atoms with Gasteiger partial charge in [0.2, 0.25) is 0 Å². The molecule has 0 radical (unpaired) electrons. The summed E-state index contributed by atoms with van der Waals surface area (Å²) in [6.07, 6.45) is 2.91.